The van der Waals surface area contributed by atoms with E-state index in [1.165, 1.54) is 10.4 Å². The smallest absolute Gasteiger partial charge is 0.213 e. The minimum absolute atomic E-state index is 0.638. The van der Waals surface area contributed by atoms with Crippen molar-refractivity contribution in [2.24, 2.45) is 0 Å². The van der Waals surface area contributed by atoms with E-state index in [2.05, 4.69) is 15.3 Å². The number of thiazole rings is 1. The maximum Gasteiger partial charge on any atom is 0.213 e. The van der Waals surface area contributed by atoms with Gasteiger partial charge in [0.1, 0.15) is 0 Å². The SMILES string of the molecule is CNCc1ccnc(OCCc2scnc2C)c1. The predicted octanol–water partition coefficient (Wildman–Crippen LogP) is 2.19. The third kappa shape index (κ3) is 3.51. The molecule has 0 saturated heterocycles. The van der Waals surface area contributed by atoms with Crippen LogP contribution >= 0.6 is 11.3 Å². The van der Waals surface area contributed by atoms with Crippen LogP contribution in [0.25, 0.3) is 0 Å². The summed E-state index contributed by atoms with van der Waals surface area (Å²) in [6.45, 7) is 3.49. The lowest BCUT2D eigenvalue weighted by Crippen LogP contribution is -2.06. The average molecular weight is 263 g/mol. The van der Waals surface area contributed by atoms with Crippen molar-refractivity contribution in [3.63, 3.8) is 0 Å². The Morgan fingerprint density at radius 3 is 3.00 bits per heavy atom. The highest BCUT2D eigenvalue weighted by Crippen LogP contribution is 2.14. The first-order chi connectivity index (χ1) is 8.79. The predicted molar refractivity (Wildman–Crippen MR) is 73.1 cm³/mol. The van der Waals surface area contributed by atoms with Gasteiger partial charge in [-0.1, -0.05) is 0 Å². The largest absolute Gasteiger partial charge is 0.477 e. The molecule has 5 heteroatoms. The molecule has 0 unspecified atom stereocenters. The van der Waals surface area contributed by atoms with Gasteiger partial charge in [0.25, 0.3) is 0 Å². The lowest BCUT2D eigenvalue weighted by Gasteiger charge is -2.06. The lowest BCUT2D eigenvalue weighted by molar-refractivity contribution is 0.310. The molecule has 0 aliphatic carbocycles. The molecule has 0 aliphatic rings. The van der Waals surface area contributed by atoms with E-state index in [1.54, 1.807) is 17.5 Å². The molecule has 0 aliphatic heterocycles. The lowest BCUT2D eigenvalue weighted by atomic mass is 10.2. The Balaban J connectivity index is 1.86. The molecule has 2 rings (SSSR count). The van der Waals surface area contributed by atoms with Crippen molar-refractivity contribution < 1.29 is 4.74 Å². The molecule has 18 heavy (non-hydrogen) atoms. The number of rotatable bonds is 6. The van der Waals surface area contributed by atoms with Gasteiger partial charge in [-0.15, -0.1) is 11.3 Å². The number of pyridine rings is 1. The maximum atomic E-state index is 5.66. The molecule has 0 amide bonds. The van der Waals surface area contributed by atoms with Gasteiger partial charge >= 0.3 is 0 Å². The molecule has 1 N–H and O–H groups in total. The van der Waals surface area contributed by atoms with Gasteiger partial charge in [0, 0.05) is 30.1 Å². The second kappa shape index (κ2) is 6.47. The summed E-state index contributed by atoms with van der Waals surface area (Å²) >= 11 is 1.67. The van der Waals surface area contributed by atoms with Crippen LogP contribution < -0.4 is 10.1 Å². The Bertz CT molecular complexity index is 498. The zero-order chi connectivity index (χ0) is 12.8. The highest BCUT2D eigenvalue weighted by atomic mass is 32.1. The van der Waals surface area contributed by atoms with Crippen LogP contribution in [0.4, 0.5) is 0 Å². The van der Waals surface area contributed by atoms with Crippen molar-refractivity contribution in [2.75, 3.05) is 13.7 Å². The van der Waals surface area contributed by atoms with Crippen LogP contribution in [0.5, 0.6) is 5.88 Å². The van der Waals surface area contributed by atoms with Crippen molar-refractivity contribution in [2.45, 2.75) is 19.9 Å². The zero-order valence-corrected chi connectivity index (χ0v) is 11.5. The highest BCUT2D eigenvalue weighted by Gasteiger charge is 2.02. The van der Waals surface area contributed by atoms with Crippen LogP contribution in [0.3, 0.4) is 0 Å². The quantitative estimate of drug-likeness (QED) is 0.868. The molecule has 0 atom stereocenters. The minimum Gasteiger partial charge on any atom is -0.477 e. The zero-order valence-electron chi connectivity index (χ0n) is 10.6. The van der Waals surface area contributed by atoms with Gasteiger partial charge in [-0.2, -0.15) is 0 Å². The van der Waals surface area contributed by atoms with Crippen molar-refractivity contribution in [3.05, 3.63) is 40.0 Å². The van der Waals surface area contributed by atoms with Gasteiger partial charge in [0.05, 0.1) is 17.8 Å². The average Bonchev–Trinajstić information content (AvgIpc) is 2.76. The number of hydrogen-bond acceptors (Lipinski definition) is 5. The molecule has 0 spiro atoms. The standard InChI is InChI=1S/C13H17N3OS/c1-10-12(18-9-16-10)4-6-17-13-7-11(8-14-2)3-5-15-13/h3,5,7,9,14H,4,6,8H2,1-2H3. The van der Waals surface area contributed by atoms with Gasteiger partial charge in [-0.3, -0.25) is 0 Å². The molecule has 4 nitrogen and oxygen atoms in total. The van der Waals surface area contributed by atoms with Crippen LogP contribution in [0.1, 0.15) is 16.1 Å². The van der Waals surface area contributed by atoms with E-state index in [4.69, 9.17) is 4.74 Å². The molecule has 2 aromatic heterocycles. The Hall–Kier alpha value is -1.46. The molecular weight excluding hydrogens is 246 g/mol. The first-order valence-corrected chi connectivity index (χ1v) is 6.79. The van der Waals surface area contributed by atoms with Crippen molar-refractivity contribution in [1.82, 2.24) is 15.3 Å². The fourth-order valence-electron chi connectivity index (χ4n) is 1.66. The summed E-state index contributed by atoms with van der Waals surface area (Å²) in [6.07, 6.45) is 2.66. The maximum absolute atomic E-state index is 5.66. The number of ether oxygens (including phenoxy) is 1. The summed E-state index contributed by atoms with van der Waals surface area (Å²) in [5.41, 5.74) is 4.15. The van der Waals surface area contributed by atoms with E-state index in [0.717, 1.165) is 18.7 Å². The van der Waals surface area contributed by atoms with Gasteiger partial charge in [-0.05, 0) is 25.6 Å². The number of hydrogen-bond donors (Lipinski definition) is 1. The molecule has 0 bridgehead atoms. The number of aromatic nitrogens is 2. The van der Waals surface area contributed by atoms with E-state index < -0.39 is 0 Å². The summed E-state index contributed by atoms with van der Waals surface area (Å²) in [5, 5.41) is 3.11. The van der Waals surface area contributed by atoms with Crippen LogP contribution in [0, 0.1) is 6.92 Å². The Labute approximate surface area is 111 Å². The van der Waals surface area contributed by atoms with Crippen LogP contribution in [0.2, 0.25) is 0 Å². The monoisotopic (exact) mass is 263 g/mol. The number of aryl methyl sites for hydroxylation is 1. The molecule has 0 radical (unpaired) electrons. The molecule has 2 heterocycles. The molecular formula is C13H17N3OS. The highest BCUT2D eigenvalue weighted by molar-refractivity contribution is 7.09. The molecule has 96 valence electrons. The third-order valence-electron chi connectivity index (χ3n) is 2.60. The van der Waals surface area contributed by atoms with E-state index >= 15 is 0 Å². The number of nitrogens with one attached hydrogen (secondary N) is 1. The van der Waals surface area contributed by atoms with Gasteiger partial charge < -0.3 is 10.1 Å². The van der Waals surface area contributed by atoms with Crippen LogP contribution in [-0.4, -0.2) is 23.6 Å². The van der Waals surface area contributed by atoms with Crippen molar-refractivity contribution in [1.29, 1.82) is 0 Å². The summed E-state index contributed by atoms with van der Waals surface area (Å²) in [7, 11) is 1.92. The minimum atomic E-state index is 0.638. The Morgan fingerprint density at radius 1 is 1.39 bits per heavy atom. The molecule has 0 fully saturated rings. The van der Waals surface area contributed by atoms with Crippen LogP contribution in [-0.2, 0) is 13.0 Å². The Kier molecular flexibility index (Phi) is 4.66. The summed E-state index contributed by atoms with van der Waals surface area (Å²) in [6, 6.07) is 3.95. The van der Waals surface area contributed by atoms with Gasteiger partial charge in [-0.25, -0.2) is 9.97 Å². The molecule has 2 aromatic rings. The summed E-state index contributed by atoms with van der Waals surface area (Å²) in [4.78, 5) is 9.70. The fourth-order valence-corrected chi connectivity index (χ4v) is 2.42. The molecule has 0 aromatic carbocycles. The normalized spacial score (nSPS) is 10.6. The van der Waals surface area contributed by atoms with Crippen molar-refractivity contribution in [3.8, 4) is 5.88 Å². The van der Waals surface area contributed by atoms with Crippen LogP contribution in [0.15, 0.2) is 23.8 Å². The van der Waals surface area contributed by atoms with E-state index in [0.29, 0.717) is 12.5 Å². The first kappa shape index (κ1) is 13.0. The Morgan fingerprint density at radius 2 is 2.28 bits per heavy atom. The van der Waals surface area contributed by atoms with E-state index in [1.807, 2.05) is 31.6 Å². The second-order valence-electron chi connectivity index (χ2n) is 3.99. The van der Waals surface area contributed by atoms with Crippen molar-refractivity contribution >= 4 is 11.3 Å². The topological polar surface area (TPSA) is 47.0 Å². The van der Waals surface area contributed by atoms with Gasteiger partial charge in [0.2, 0.25) is 5.88 Å². The van der Waals surface area contributed by atoms with E-state index in [9.17, 15) is 0 Å². The summed E-state index contributed by atoms with van der Waals surface area (Å²) < 4.78 is 5.66. The molecule has 0 saturated carbocycles. The third-order valence-corrected chi connectivity index (χ3v) is 3.60. The summed E-state index contributed by atoms with van der Waals surface area (Å²) in [5.74, 6) is 0.685. The first-order valence-electron chi connectivity index (χ1n) is 5.91. The van der Waals surface area contributed by atoms with Gasteiger partial charge in [0.15, 0.2) is 0 Å². The fraction of sp³-hybridized carbons (Fsp3) is 0.385. The second-order valence-corrected chi connectivity index (χ2v) is 4.93. The van der Waals surface area contributed by atoms with E-state index in [-0.39, 0.29) is 0 Å². The number of nitrogens with zero attached hydrogens (tertiary/aromatic N) is 2.